The number of hydrogen-bond acceptors (Lipinski definition) is 3. The molecule has 0 aliphatic heterocycles. The summed E-state index contributed by atoms with van der Waals surface area (Å²) in [6, 6.07) is 9.89. The fourth-order valence-corrected chi connectivity index (χ4v) is 2.74. The molecule has 0 aliphatic rings. The van der Waals surface area contributed by atoms with E-state index in [-0.39, 0.29) is 17.8 Å². The summed E-state index contributed by atoms with van der Waals surface area (Å²) >= 11 is 1.55. The number of furan rings is 1. The summed E-state index contributed by atoms with van der Waals surface area (Å²) in [6.07, 6.45) is 2.04. The molecule has 0 radical (unpaired) electrons. The highest BCUT2D eigenvalue weighted by Gasteiger charge is 2.18. The zero-order valence-electron chi connectivity index (χ0n) is 12.1. The Morgan fingerprint density at radius 1 is 1.33 bits per heavy atom. The van der Waals surface area contributed by atoms with Crippen molar-refractivity contribution in [3.63, 3.8) is 0 Å². The molecule has 0 spiro atoms. The average molecular weight is 307 g/mol. The van der Waals surface area contributed by atoms with E-state index in [0.29, 0.717) is 12.2 Å². The van der Waals surface area contributed by atoms with E-state index in [0.717, 1.165) is 10.7 Å². The summed E-state index contributed by atoms with van der Waals surface area (Å²) in [4.78, 5) is 14.8. The maximum atomic E-state index is 12.8. The number of halogens is 1. The standard InChI is InChI=1S/C16H18FNO2S/c1-12(15-4-3-10-20-15)18(2)16(19)9-11-21-14-7-5-13(17)6-8-14/h3-8,10,12H,9,11H2,1-2H3. The molecule has 2 aromatic rings. The van der Waals surface area contributed by atoms with Crippen LogP contribution in [0.3, 0.4) is 0 Å². The predicted octanol–water partition coefficient (Wildman–Crippen LogP) is 4.12. The van der Waals surface area contributed by atoms with E-state index in [1.807, 2.05) is 19.1 Å². The Bertz CT molecular complexity index is 568. The van der Waals surface area contributed by atoms with Crippen molar-refractivity contribution in [2.75, 3.05) is 12.8 Å². The van der Waals surface area contributed by atoms with E-state index < -0.39 is 0 Å². The van der Waals surface area contributed by atoms with Crippen molar-refractivity contribution in [2.24, 2.45) is 0 Å². The molecule has 0 saturated carbocycles. The van der Waals surface area contributed by atoms with Gasteiger partial charge in [0.1, 0.15) is 11.6 Å². The van der Waals surface area contributed by atoms with Gasteiger partial charge in [0.15, 0.2) is 0 Å². The third-order valence-corrected chi connectivity index (χ3v) is 4.34. The minimum atomic E-state index is -0.248. The van der Waals surface area contributed by atoms with Crippen LogP contribution in [0.4, 0.5) is 4.39 Å². The number of thioether (sulfide) groups is 1. The SMILES string of the molecule is CC(c1ccco1)N(C)C(=O)CCSc1ccc(F)cc1. The molecule has 3 nitrogen and oxygen atoms in total. The van der Waals surface area contributed by atoms with E-state index in [1.165, 1.54) is 12.1 Å². The number of rotatable bonds is 6. The first kappa shape index (κ1) is 15.6. The third-order valence-electron chi connectivity index (χ3n) is 3.33. The van der Waals surface area contributed by atoms with E-state index in [2.05, 4.69) is 0 Å². The first-order valence-corrected chi connectivity index (χ1v) is 7.74. The van der Waals surface area contributed by atoms with Crippen LogP contribution in [0, 0.1) is 5.82 Å². The number of amides is 1. The van der Waals surface area contributed by atoms with Crippen LogP contribution in [-0.4, -0.2) is 23.6 Å². The monoisotopic (exact) mass is 307 g/mol. The zero-order chi connectivity index (χ0) is 15.2. The topological polar surface area (TPSA) is 33.5 Å². The maximum absolute atomic E-state index is 12.8. The van der Waals surface area contributed by atoms with Crippen LogP contribution >= 0.6 is 11.8 Å². The maximum Gasteiger partial charge on any atom is 0.223 e. The Morgan fingerprint density at radius 3 is 2.67 bits per heavy atom. The second-order valence-corrected chi connectivity index (χ2v) is 5.92. The molecule has 0 fully saturated rings. The molecule has 0 aliphatic carbocycles. The van der Waals surface area contributed by atoms with Crippen LogP contribution in [0.15, 0.2) is 52.0 Å². The van der Waals surface area contributed by atoms with Gasteiger partial charge in [-0.1, -0.05) is 0 Å². The van der Waals surface area contributed by atoms with E-state index in [9.17, 15) is 9.18 Å². The summed E-state index contributed by atoms with van der Waals surface area (Å²) in [5, 5.41) is 0. The summed E-state index contributed by atoms with van der Waals surface area (Å²) in [5.41, 5.74) is 0. The fraction of sp³-hybridized carbons (Fsp3) is 0.312. The summed E-state index contributed by atoms with van der Waals surface area (Å²) in [7, 11) is 1.78. The Kier molecular flexibility index (Phi) is 5.44. The minimum absolute atomic E-state index is 0.0634. The molecule has 0 N–H and O–H groups in total. The van der Waals surface area contributed by atoms with E-state index >= 15 is 0 Å². The molecule has 1 atom stereocenters. The third kappa shape index (κ3) is 4.36. The molecule has 21 heavy (non-hydrogen) atoms. The lowest BCUT2D eigenvalue weighted by atomic mass is 10.2. The van der Waals surface area contributed by atoms with Crippen LogP contribution < -0.4 is 0 Å². The van der Waals surface area contributed by atoms with E-state index in [1.54, 1.807) is 42.1 Å². The fourth-order valence-electron chi connectivity index (χ4n) is 1.90. The largest absolute Gasteiger partial charge is 0.467 e. The highest BCUT2D eigenvalue weighted by atomic mass is 32.2. The smallest absolute Gasteiger partial charge is 0.223 e. The lowest BCUT2D eigenvalue weighted by Crippen LogP contribution is -2.29. The molecule has 1 heterocycles. The molecule has 1 aromatic heterocycles. The second-order valence-electron chi connectivity index (χ2n) is 4.75. The van der Waals surface area contributed by atoms with Gasteiger partial charge < -0.3 is 9.32 Å². The summed E-state index contributed by atoms with van der Waals surface area (Å²) in [5.74, 6) is 1.26. The van der Waals surface area contributed by atoms with Gasteiger partial charge >= 0.3 is 0 Å². The van der Waals surface area contributed by atoms with Crippen molar-refractivity contribution in [3.05, 3.63) is 54.2 Å². The van der Waals surface area contributed by atoms with Crippen LogP contribution in [0.1, 0.15) is 25.1 Å². The molecule has 1 unspecified atom stereocenters. The van der Waals surface area contributed by atoms with Gasteiger partial charge in [-0.05, 0) is 43.3 Å². The molecule has 0 saturated heterocycles. The van der Waals surface area contributed by atoms with Gasteiger partial charge in [-0.25, -0.2) is 4.39 Å². The molecular weight excluding hydrogens is 289 g/mol. The highest BCUT2D eigenvalue weighted by Crippen LogP contribution is 2.22. The molecule has 0 bridgehead atoms. The molecule has 112 valence electrons. The number of carbonyl (C=O) groups excluding carboxylic acids is 1. The van der Waals surface area contributed by atoms with E-state index in [4.69, 9.17) is 4.42 Å². The second kappa shape index (κ2) is 7.31. The Balaban J connectivity index is 1.80. The Morgan fingerprint density at radius 2 is 2.05 bits per heavy atom. The average Bonchev–Trinajstić information content (AvgIpc) is 3.02. The normalized spacial score (nSPS) is 12.1. The Labute approximate surface area is 128 Å². The van der Waals surface area contributed by atoms with Gasteiger partial charge in [0.05, 0.1) is 12.3 Å². The molecular formula is C16H18FNO2S. The van der Waals surface area contributed by atoms with Gasteiger partial charge in [0.2, 0.25) is 5.91 Å². The van der Waals surface area contributed by atoms with Gasteiger partial charge in [-0.15, -0.1) is 11.8 Å². The molecule has 1 amide bonds. The lowest BCUT2D eigenvalue weighted by Gasteiger charge is -2.23. The van der Waals surface area contributed by atoms with Gasteiger partial charge in [-0.2, -0.15) is 0 Å². The van der Waals surface area contributed by atoms with Crippen molar-refractivity contribution >= 4 is 17.7 Å². The van der Waals surface area contributed by atoms with Gasteiger partial charge in [0, 0.05) is 24.1 Å². The number of hydrogen-bond donors (Lipinski definition) is 0. The Hall–Kier alpha value is -1.75. The van der Waals surface area contributed by atoms with Crippen LogP contribution in [0.25, 0.3) is 0 Å². The van der Waals surface area contributed by atoms with Crippen molar-refractivity contribution in [2.45, 2.75) is 24.3 Å². The lowest BCUT2D eigenvalue weighted by molar-refractivity contribution is -0.131. The van der Waals surface area contributed by atoms with Crippen molar-refractivity contribution in [1.29, 1.82) is 0 Å². The van der Waals surface area contributed by atoms with Crippen LogP contribution in [0.5, 0.6) is 0 Å². The zero-order valence-corrected chi connectivity index (χ0v) is 12.9. The predicted molar refractivity (Wildman–Crippen MR) is 81.6 cm³/mol. The molecule has 1 aromatic carbocycles. The summed E-state index contributed by atoms with van der Waals surface area (Å²) < 4.78 is 18.1. The van der Waals surface area contributed by atoms with Gasteiger partial charge in [0.25, 0.3) is 0 Å². The van der Waals surface area contributed by atoms with Gasteiger partial charge in [-0.3, -0.25) is 4.79 Å². The quantitative estimate of drug-likeness (QED) is 0.753. The highest BCUT2D eigenvalue weighted by molar-refractivity contribution is 7.99. The van der Waals surface area contributed by atoms with Crippen molar-refractivity contribution < 1.29 is 13.6 Å². The number of nitrogens with zero attached hydrogens (tertiary/aromatic N) is 1. The number of carbonyl (C=O) groups is 1. The first-order chi connectivity index (χ1) is 10.1. The summed E-state index contributed by atoms with van der Waals surface area (Å²) in [6.45, 7) is 1.93. The number of benzene rings is 1. The van der Waals surface area contributed by atoms with Crippen LogP contribution in [0.2, 0.25) is 0 Å². The van der Waals surface area contributed by atoms with Crippen LogP contribution in [-0.2, 0) is 4.79 Å². The first-order valence-electron chi connectivity index (χ1n) is 6.75. The van der Waals surface area contributed by atoms with Crippen molar-refractivity contribution in [3.8, 4) is 0 Å². The molecule has 5 heteroatoms. The molecule has 2 rings (SSSR count). The minimum Gasteiger partial charge on any atom is -0.467 e. The van der Waals surface area contributed by atoms with Crippen molar-refractivity contribution in [1.82, 2.24) is 4.90 Å².